The summed E-state index contributed by atoms with van der Waals surface area (Å²) in [6, 6.07) is 0. The molecule has 0 aromatic rings. The van der Waals surface area contributed by atoms with Gasteiger partial charge in [0.25, 0.3) is 0 Å². The summed E-state index contributed by atoms with van der Waals surface area (Å²) in [4.78, 5) is 38.8. The first-order valence-corrected chi connectivity index (χ1v) is 6.84. The van der Waals surface area contributed by atoms with Crippen LogP contribution in [-0.4, -0.2) is 71.1 Å². The molecule has 0 aromatic heterocycles. The highest BCUT2D eigenvalue weighted by molar-refractivity contribution is 5.73. The van der Waals surface area contributed by atoms with E-state index in [0.717, 1.165) is 7.11 Å². The molecule has 0 bridgehead atoms. The van der Waals surface area contributed by atoms with Crippen LogP contribution >= 0.6 is 0 Å². The van der Waals surface area contributed by atoms with Crippen LogP contribution in [0.15, 0.2) is 0 Å². The van der Waals surface area contributed by atoms with Gasteiger partial charge in [0.2, 0.25) is 23.6 Å². The first-order valence-electron chi connectivity index (χ1n) is 6.84. The number of nitrogens with one attached hydrogen (secondary N) is 4. The van der Waals surface area contributed by atoms with Crippen LogP contribution in [0.1, 0.15) is 72.3 Å². The second kappa shape index (κ2) is 93.7. The number of rotatable bonds is 0. The second-order valence-electron chi connectivity index (χ2n) is 3.22. The third kappa shape index (κ3) is 472. The molecular weight excluding hydrogens is 390 g/mol. The van der Waals surface area contributed by atoms with E-state index in [0.29, 0.717) is 0 Å². The highest BCUT2D eigenvalue weighted by Crippen LogP contribution is 1.46. The van der Waals surface area contributed by atoms with Crippen molar-refractivity contribution in [3.63, 3.8) is 0 Å². The lowest BCUT2D eigenvalue weighted by molar-refractivity contribution is -0.119. The Hall–Kier alpha value is -2.20. The third-order valence-electron chi connectivity index (χ3n) is 1.41. The van der Waals surface area contributed by atoms with Gasteiger partial charge in [0.15, 0.2) is 0 Å². The van der Waals surface area contributed by atoms with Gasteiger partial charge < -0.3 is 32.1 Å². The number of aliphatic hydroxyl groups excluding tert-OH is 1. The molecule has 0 aliphatic carbocycles. The summed E-state index contributed by atoms with van der Waals surface area (Å²) < 4.78 is 0. The Morgan fingerprint density at radius 3 is 0.500 bits per heavy atom. The van der Waals surface area contributed by atoms with Crippen molar-refractivity contribution >= 4 is 23.6 Å². The number of aliphatic hydroxyl groups is 1. The van der Waals surface area contributed by atoms with Crippen LogP contribution in [0.2, 0.25) is 0 Å². The van der Waals surface area contributed by atoms with Gasteiger partial charge in [0.05, 0.1) is 0 Å². The van der Waals surface area contributed by atoms with Crippen LogP contribution < -0.4 is 27.0 Å². The van der Waals surface area contributed by atoms with E-state index in [1.54, 1.807) is 28.2 Å². The minimum atomic E-state index is 0. The highest BCUT2D eigenvalue weighted by atomic mass is 16.2. The minimum Gasteiger partial charge on any atom is -0.400 e. The maximum Gasteiger partial charge on any atom is 0.216 e. The number of nitrogens with two attached hydrogens (primary N) is 1. The lowest BCUT2D eigenvalue weighted by atomic mass is 10.7. The Morgan fingerprint density at radius 1 is 0.467 bits per heavy atom. The summed E-state index contributed by atoms with van der Waals surface area (Å²) >= 11 is 0. The van der Waals surface area contributed by atoms with Gasteiger partial charge in [-0.3, -0.25) is 19.2 Å². The largest absolute Gasteiger partial charge is 0.400 e. The van der Waals surface area contributed by atoms with Crippen molar-refractivity contribution < 1.29 is 24.3 Å². The van der Waals surface area contributed by atoms with Crippen LogP contribution in [-0.2, 0) is 19.2 Å². The van der Waals surface area contributed by atoms with Gasteiger partial charge in [-0.15, -0.1) is 0 Å². The lowest BCUT2D eigenvalue weighted by Crippen LogP contribution is -2.11. The molecule has 0 unspecified atom stereocenters. The fourth-order valence-corrected chi connectivity index (χ4v) is 0. The van der Waals surface area contributed by atoms with Gasteiger partial charge in [-0.25, -0.2) is 0 Å². The maximum absolute atomic E-state index is 9.70. The fraction of sp³-hybridized carbons (Fsp3) is 0.800. The Morgan fingerprint density at radius 2 is 0.500 bits per heavy atom. The summed E-state index contributed by atoms with van der Waals surface area (Å²) in [6.07, 6.45) is 0. The van der Waals surface area contributed by atoms with Crippen molar-refractivity contribution in [2.24, 2.45) is 5.73 Å². The molecule has 0 heterocycles. The number of carbonyl (C=O) groups excluding carboxylic acids is 4. The van der Waals surface area contributed by atoms with Gasteiger partial charge in [-0.1, -0.05) is 44.6 Å². The number of amides is 4. The van der Waals surface area contributed by atoms with E-state index in [9.17, 15) is 19.2 Å². The van der Waals surface area contributed by atoms with E-state index >= 15 is 0 Å². The topological polar surface area (TPSA) is 163 Å². The molecule has 0 aromatic carbocycles. The normalized spacial score (nSPS) is 4.93. The average Bonchev–Trinajstić information content (AvgIpc) is 2.59. The van der Waals surface area contributed by atoms with E-state index < -0.39 is 0 Å². The SMILES string of the molecule is C.C.C.C.C.C.CN.CNC(C)=O.CNC(C)=O.CNC(C)=O.CNC(C)=O.CO. The van der Waals surface area contributed by atoms with Crippen LogP contribution in [0, 0.1) is 0 Å². The lowest BCUT2D eigenvalue weighted by Gasteiger charge is -1.80. The second-order valence-corrected chi connectivity index (χ2v) is 3.22. The number of carbonyl (C=O) groups is 4. The highest BCUT2D eigenvalue weighted by Gasteiger charge is 1.74. The Bertz CT molecular complexity index is 235. The zero-order valence-corrected chi connectivity index (χ0v) is 16.7. The molecule has 0 aliphatic heterocycles. The molecule has 4 amide bonds. The van der Waals surface area contributed by atoms with Gasteiger partial charge >= 0.3 is 0 Å². The average molecular weight is 452 g/mol. The van der Waals surface area contributed by atoms with Crippen molar-refractivity contribution in [3.8, 4) is 0 Å². The Balaban J connectivity index is -0.0000000128. The number of hydrogen-bond donors (Lipinski definition) is 6. The molecule has 196 valence electrons. The molecule has 0 radical (unpaired) electrons. The van der Waals surface area contributed by atoms with Crippen LogP contribution in [0.4, 0.5) is 0 Å². The molecule has 0 saturated carbocycles. The van der Waals surface area contributed by atoms with Crippen molar-refractivity contribution in [3.05, 3.63) is 0 Å². The van der Waals surface area contributed by atoms with Gasteiger partial charge in [0, 0.05) is 63.0 Å². The Kier molecular flexibility index (Phi) is 250. The molecule has 0 atom stereocenters. The van der Waals surface area contributed by atoms with Gasteiger partial charge in [-0.05, 0) is 7.05 Å². The van der Waals surface area contributed by atoms with E-state index in [1.807, 2.05) is 0 Å². The number of hydrogen-bond acceptors (Lipinski definition) is 6. The predicted octanol–water partition coefficient (Wildman–Crippen LogP) is 2.01. The van der Waals surface area contributed by atoms with E-state index in [-0.39, 0.29) is 68.2 Å². The molecule has 30 heavy (non-hydrogen) atoms. The molecule has 7 N–H and O–H groups in total. The van der Waals surface area contributed by atoms with E-state index in [1.165, 1.54) is 34.7 Å². The van der Waals surface area contributed by atoms with Crippen LogP contribution in [0.5, 0.6) is 0 Å². The summed E-state index contributed by atoms with van der Waals surface area (Å²) in [6.45, 7) is 5.89. The molecular formula is C20H61N5O5. The summed E-state index contributed by atoms with van der Waals surface area (Å²) in [5.41, 5.74) is 4.50. The summed E-state index contributed by atoms with van der Waals surface area (Å²) in [5, 5.41) is 16.6. The first kappa shape index (κ1) is 80.0. The van der Waals surface area contributed by atoms with Gasteiger partial charge in [-0.2, -0.15) is 0 Å². The minimum absolute atomic E-state index is 0. The molecule has 0 fully saturated rings. The summed E-state index contributed by atoms with van der Waals surface area (Å²) in [5.74, 6) is 0.0185. The van der Waals surface area contributed by atoms with Crippen LogP contribution in [0.3, 0.4) is 0 Å². The van der Waals surface area contributed by atoms with Crippen LogP contribution in [0.25, 0.3) is 0 Å². The molecule has 10 nitrogen and oxygen atoms in total. The molecule has 0 spiro atoms. The van der Waals surface area contributed by atoms with Crippen molar-refractivity contribution in [1.82, 2.24) is 21.3 Å². The standard InChI is InChI=1S/4C3H7NO.CH5N.CH4O.6CH4/c4*1-3(5)4-2;2*1-2;;;;;;/h4*1-2H3,(H,4,5);2H2,1H3;2H,1H3;6*1H4. The van der Waals surface area contributed by atoms with Crippen molar-refractivity contribution in [2.75, 3.05) is 42.3 Å². The monoisotopic (exact) mass is 451 g/mol. The fourth-order valence-electron chi connectivity index (χ4n) is 0. The summed E-state index contributed by atoms with van der Waals surface area (Å²) in [7, 11) is 8.90. The van der Waals surface area contributed by atoms with E-state index in [2.05, 4.69) is 27.0 Å². The van der Waals surface area contributed by atoms with Crippen molar-refractivity contribution in [1.29, 1.82) is 0 Å². The first-order chi connectivity index (χ1) is 11.1. The Labute approximate surface area is 190 Å². The molecule has 0 saturated heterocycles. The molecule has 0 aliphatic rings. The third-order valence-corrected chi connectivity index (χ3v) is 1.41. The zero-order valence-electron chi connectivity index (χ0n) is 16.7. The molecule has 0 rings (SSSR count). The van der Waals surface area contributed by atoms with Crippen molar-refractivity contribution in [2.45, 2.75) is 72.3 Å². The molecule has 10 heteroatoms. The van der Waals surface area contributed by atoms with E-state index in [4.69, 9.17) is 5.11 Å². The smallest absolute Gasteiger partial charge is 0.216 e. The zero-order chi connectivity index (χ0) is 21.1. The van der Waals surface area contributed by atoms with Gasteiger partial charge in [0.1, 0.15) is 0 Å². The predicted molar refractivity (Wildman–Crippen MR) is 138 cm³/mol. The quantitative estimate of drug-likeness (QED) is 0.330. The maximum atomic E-state index is 9.70.